The summed E-state index contributed by atoms with van der Waals surface area (Å²) in [5.74, 6) is 2.52. The van der Waals surface area contributed by atoms with Crippen LogP contribution in [0.5, 0.6) is 0 Å². The molecule has 314 valence electrons. The van der Waals surface area contributed by atoms with Crippen LogP contribution in [0.25, 0.3) is 11.1 Å². The van der Waals surface area contributed by atoms with Gasteiger partial charge in [-0.3, -0.25) is 0 Å². The molecule has 2 aliphatic heterocycles. The predicted molar refractivity (Wildman–Crippen MR) is 273 cm³/mol. The average Bonchev–Trinajstić information content (AvgIpc) is 3.57. The van der Waals surface area contributed by atoms with E-state index in [1.165, 1.54) is 111 Å². The maximum Gasteiger partial charge on any atom is 0.252 e. The SMILES string of the molecule is CC1(C)c2ccccc2-c2cc(N3c4ccccc4B4c5ccc(N(c6ccccc6)c6ccccc6)cc5N(c5ccccc5)c5cc(C67CC8CC(CC(C8)C6)C7)cc3c54)ccc21. The molecule has 8 aromatic carbocycles. The fourth-order valence-corrected chi connectivity index (χ4v) is 14.4. The summed E-state index contributed by atoms with van der Waals surface area (Å²) in [6.45, 7) is 4.84. The van der Waals surface area contributed by atoms with Gasteiger partial charge in [0.2, 0.25) is 0 Å². The zero-order chi connectivity index (χ0) is 43.0. The van der Waals surface area contributed by atoms with Gasteiger partial charge in [-0.15, -0.1) is 0 Å². The van der Waals surface area contributed by atoms with Gasteiger partial charge in [-0.25, -0.2) is 0 Å². The van der Waals surface area contributed by atoms with Crippen LogP contribution in [-0.4, -0.2) is 6.71 Å². The molecule has 0 aromatic heterocycles. The highest BCUT2D eigenvalue weighted by Gasteiger charge is 2.53. The number of nitrogens with zero attached hydrogens (tertiary/aromatic N) is 3. The van der Waals surface area contributed by atoms with E-state index in [1.807, 2.05) is 0 Å². The van der Waals surface area contributed by atoms with Crippen LogP contribution in [-0.2, 0) is 10.8 Å². The summed E-state index contributed by atoms with van der Waals surface area (Å²) in [6, 6.07) is 71.4. The molecule has 0 saturated heterocycles. The van der Waals surface area contributed by atoms with Crippen LogP contribution in [0.1, 0.15) is 69.1 Å². The zero-order valence-electron chi connectivity index (χ0n) is 37.3. The van der Waals surface area contributed by atoms with Gasteiger partial charge in [0.15, 0.2) is 0 Å². The molecule has 0 N–H and O–H groups in total. The molecule has 7 aliphatic rings. The Morgan fingerprint density at radius 2 is 1.00 bits per heavy atom. The fraction of sp³-hybridized carbons (Fsp3) is 0.213. The molecule has 0 unspecified atom stereocenters. The first-order valence-corrected chi connectivity index (χ1v) is 24.1. The topological polar surface area (TPSA) is 9.72 Å². The van der Waals surface area contributed by atoms with Crippen molar-refractivity contribution in [3.8, 4) is 11.1 Å². The zero-order valence-corrected chi connectivity index (χ0v) is 37.3. The first kappa shape index (κ1) is 37.6. The molecule has 4 heteroatoms. The van der Waals surface area contributed by atoms with Gasteiger partial charge in [-0.2, -0.15) is 0 Å². The second kappa shape index (κ2) is 13.9. The van der Waals surface area contributed by atoms with Crippen molar-refractivity contribution in [1.82, 2.24) is 0 Å². The summed E-state index contributed by atoms with van der Waals surface area (Å²) in [4.78, 5) is 7.72. The molecule has 65 heavy (non-hydrogen) atoms. The van der Waals surface area contributed by atoms with Gasteiger partial charge in [-0.1, -0.05) is 123 Å². The standard InChI is InChI=1S/C61H52BN3/c1-60(2)51-23-13-12-22-49(51)50-35-47(26-28-52(50)60)65-55-25-15-14-24-53(55)62-54-29-27-48(63(44-16-6-3-7-17-44)45-18-8-4-9-19-45)36-56(54)64(46-20-10-5-11-21-46)57-33-43(34-58(65)59(57)62)61-37-40-30-41(38-61)32-42(31-40)39-61/h3-29,33-36,40-42H,30-32,37-39H2,1-2H3. The molecular formula is C61H52BN3. The van der Waals surface area contributed by atoms with E-state index in [2.05, 4.69) is 217 Å². The Balaban J connectivity index is 1.05. The van der Waals surface area contributed by atoms with E-state index in [9.17, 15) is 0 Å². The molecule has 0 spiro atoms. The molecule has 5 aliphatic carbocycles. The monoisotopic (exact) mass is 837 g/mol. The molecule has 15 rings (SSSR count). The van der Waals surface area contributed by atoms with Gasteiger partial charge in [0.05, 0.1) is 0 Å². The van der Waals surface area contributed by atoms with Crippen LogP contribution in [0.15, 0.2) is 188 Å². The van der Waals surface area contributed by atoms with Crippen molar-refractivity contribution in [2.45, 2.75) is 63.2 Å². The van der Waals surface area contributed by atoms with Crippen molar-refractivity contribution in [1.29, 1.82) is 0 Å². The average molecular weight is 838 g/mol. The molecule has 8 aromatic rings. The minimum absolute atomic E-state index is 0.0533. The molecular weight excluding hydrogens is 786 g/mol. The van der Waals surface area contributed by atoms with Gasteiger partial charge in [0, 0.05) is 56.6 Å². The third-order valence-corrected chi connectivity index (χ3v) is 16.7. The summed E-state index contributed by atoms with van der Waals surface area (Å²) < 4.78 is 0. The van der Waals surface area contributed by atoms with Crippen LogP contribution in [0, 0.1) is 17.8 Å². The smallest absolute Gasteiger partial charge is 0.252 e. The van der Waals surface area contributed by atoms with Crippen LogP contribution in [0.4, 0.5) is 51.2 Å². The predicted octanol–water partition coefficient (Wildman–Crippen LogP) is 14.0. The highest BCUT2D eigenvalue weighted by atomic mass is 15.2. The van der Waals surface area contributed by atoms with Gasteiger partial charge in [-0.05, 0) is 185 Å². The van der Waals surface area contributed by atoms with Gasteiger partial charge >= 0.3 is 0 Å². The van der Waals surface area contributed by atoms with Crippen molar-refractivity contribution in [2.75, 3.05) is 14.7 Å². The Morgan fingerprint density at radius 1 is 0.446 bits per heavy atom. The highest BCUT2D eigenvalue weighted by molar-refractivity contribution is 7.00. The van der Waals surface area contributed by atoms with Gasteiger partial charge in [0.25, 0.3) is 6.71 Å². The van der Waals surface area contributed by atoms with Crippen molar-refractivity contribution >= 4 is 74.3 Å². The normalized spacial score (nSPS) is 22.2. The van der Waals surface area contributed by atoms with Gasteiger partial charge in [0.1, 0.15) is 0 Å². The van der Waals surface area contributed by atoms with Crippen molar-refractivity contribution in [3.05, 3.63) is 205 Å². The number of benzene rings is 8. The third-order valence-electron chi connectivity index (χ3n) is 16.7. The number of hydrogen-bond acceptors (Lipinski definition) is 3. The van der Waals surface area contributed by atoms with E-state index in [0.717, 1.165) is 34.8 Å². The van der Waals surface area contributed by atoms with Crippen LogP contribution >= 0.6 is 0 Å². The number of hydrogen-bond donors (Lipinski definition) is 0. The van der Waals surface area contributed by atoms with E-state index in [0.29, 0.717) is 0 Å². The van der Waals surface area contributed by atoms with Crippen molar-refractivity contribution in [3.63, 3.8) is 0 Å². The maximum atomic E-state index is 2.70. The minimum atomic E-state index is -0.0533. The molecule has 0 amide bonds. The molecule has 2 heterocycles. The number of anilines is 9. The number of para-hydroxylation sites is 4. The molecule has 4 fully saturated rings. The van der Waals surface area contributed by atoms with E-state index < -0.39 is 0 Å². The number of rotatable bonds is 6. The Labute approximate surface area is 384 Å². The summed E-state index contributed by atoms with van der Waals surface area (Å²) >= 11 is 0. The Morgan fingerprint density at radius 3 is 1.68 bits per heavy atom. The molecule has 4 saturated carbocycles. The summed E-state index contributed by atoms with van der Waals surface area (Å²) in [7, 11) is 0. The maximum absolute atomic E-state index is 2.70. The molecule has 0 atom stereocenters. The Kier molecular flexibility index (Phi) is 8.02. The Bertz CT molecular complexity index is 3120. The lowest BCUT2D eigenvalue weighted by atomic mass is 9.33. The highest BCUT2D eigenvalue weighted by Crippen LogP contribution is 2.62. The lowest BCUT2D eigenvalue weighted by Crippen LogP contribution is -2.61. The lowest BCUT2D eigenvalue weighted by Gasteiger charge is -2.57. The van der Waals surface area contributed by atoms with E-state index in [4.69, 9.17) is 0 Å². The second-order valence-electron chi connectivity index (χ2n) is 20.8. The fourth-order valence-electron chi connectivity index (χ4n) is 14.4. The molecule has 0 radical (unpaired) electrons. The Hall–Kier alpha value is -6.78. The molecule has 4 bridgehead atoms. The summed E-state index contributed by atoms with van der Waals surface area (Å²) in [5, 5.41) is 0. The van der Waals surface area contributed by atoms with Crippen molar-refractivity contribution in [2.24, 2.45) is 17.8 Å². The van der Waals surface area contributed by atoms with Crippen molar-refractivity contribution < 1.29 is 0 Å². The molecule has 3 nitrogen and oxygen atoms in total. The minimum Gasteiger partial charge on any atom is -0.311 e. The van der Waals surface area contributed by atoms with Crippen LogP contribution in [0.2, 0.25) is 0 Å². The van der Waals surface area contributed by atoms with E-state index in [-0.39, 0.29) is 17.5 Å². The van der Waals surface area contributed by atoms with Crippen LogP contribution < -0.4 is 31.1 Å². The largest absolute Gasteiger partial charge is 0.311 e. The van der Waals surface area contributed by atoms with Crippen LogP contribution in [0.3, 0.4) is 0 Å². The first-order chi connectivity index (χ1) is 31.9. The lowest BCUT2D eigenvalue weighted by molar-refractivity contribution is -0.00514. The van der Waals surface area contributed by atoms with Gasteiger partial charge < -0.3 is 14.7 Å². The summed E-state index contributed by atoms with van der Waals surface area (Å²) in [5.41, 5.74) is 22.4. The van der Waals surface area contributed by atoms with E-state index >= 15 is 0 Å². The third kappa shape index (κ3) is 5.49. The quantitative estimate of drug-likeness (QED) is 0.155. The number of fused-ring (bicyclic) bond motifs is 7. The van der Waals surface area contributed by atoms with E-state index in [1.54, 1.807) is 5.56 Å². The summed E-state index contributed by atoms with van der Waals surface area (Å²) in [6.07, 6.45) is 8.23. The first-order valence-electron chi connectivity index (χ1n) is 24.1. The second-order valence-corrected chi connectivity index (χ2v) is 20.8.